The minimum Gasteiger partial charge on any atom is -0.481 e. The predicted molar refractivity (Wildman–Crippen MR) is 65.8 cm³/mol. The summed E-state index contributed by atoms with van der Waals surface area (Å²) in [5.74, 6) is -0.793. The van der Waals surface area contributed by atoms with Gasteiger partial charge in [0.15, 0.2) is 0 Å². The summed E-state index contributed by atoms with van der Waals surface area (Å²) in [6, 6.07) is 7.85. The van der Waals surface area contributed by atoms with E-state index >= 15 is 0 Å². The number of hydrogen-bond donors (Lipinski definition) is 1. The molecule has 0 atom stereocenters. The Morgan fingerprint density at radius 2 is 1.56 bits per heavy atom. The van der Waals surface area contributed by atoms with Crippen molar-refractivity contribution < 1.29 is 9.90 Å². The standard InChI is InChI=1S/C14H20O2/c1-13(2,3)10-7-6-8-11(9-10)14(4,5)12(15)16/h6-9H,1-5H3,(H,15,16). The van der Waals surface area contributed by atoms with E-state index in [1.165, 1.54) is 5.56 Å². The third-order valence-electron chi connectivity index (χ3n) is 2.98. The van der Waals surface area contributed by atoms with Crippen LogP contribution in [0.3, 0.4) is 0 Å². The highest BCUT2D eigenvalue weighted by Gasteiger charge is 2.30. The number of rotatable bonds is 2. The van der Waals surface area contributed by atoms with Crippen LogP contribution < -0.4 is 0 Å². The quantitative estimate of drug-likeness (QED) is 0.830. The Morgan fingerprint density at radius 1 is 1.06 bits per heavy atom. The lowest BCUT2D eigenvalue weighted by Crippen LogP contribution is -2.29. The van der Waals surface area contributed by atoms with Crippen molar-refractivity contribution in [2.24, 2.45) is 0 Å². The summed E-state index contributed by atoms with van der Waals surface area (Å²) in [4.78, 5) is 11.2. The highest BCUT2D eigenvalue weighted by atomic mass is 16.4. The fraction of sp³-hybridized carbons (Fsp3) is 0.500. The van der Waals surface area contributed by atoms with E-state index in [1.807, 2.05) is 24.3 Å². The van der Waals surface area contributed by atoms with Crippen LogP contribution in [0.2, 0.25) is 0 Å². The number of carboxylic acid groups (broad SMARTS) is 1. The zero-order valence-electron chi connectivity index (χ0n) is 10.7. The van der Waals surface area contributed by atoms with Crippen molar-refractivity contribution in [2.75, 3.05) is 0 Å². The molecule has 1 aromatic carbocycles. The normalized spacial score (nSPS) is 12.6. The first-order valence-electron chi connectivity index (χ1n) is 5.50. The Kier molecular flexibility index (Phi) is 3.13. The zero-order valence-corrected chi connectivity index (χ0v) is 10.7. The van der Waals surface area contributed by atoms with Crippen molar-refractivity contribution in [3.63, 3.8) is 0 Å². The van der Waals surface area contributed by atoms with E-state index in [9.17, 15) is 9.90 Å². The first-order valence-corrected chi connectivity index (χ1v) is 5.50. The number of carboxylic acids is 1. The number of aliphatic carboxylic acids is 1. The summed E-state index contributed by atoms with van der Waals surface area (Å²) in [7, 11) is 0. The molecule has 1 N–H and O–H groups in total. The molecule has 88 valence electrons. The Labute approximate surface area is 97.3 Å². The second-order valence-corrected chi connectivity index (χ2v) is 5.76. The summed E-state index contributed by atoms with van der Waals surface area (Å²) >= 11 is 0. The van der Waals surface area contributed by atoms with Gasteiger partial charge in [0.05, 0.1) is 5.41 Å². The van der Waals surface area contributed by atoms with Gasteiger partial charge in [-0.25, -0.2) is 0 Å². The van der Waals surface area contributed by atoms with Gasteiger partial charge in [-0.05, 0) is 30.4 Å². The van der Waals surface area contributed by atoms with Crippen LogP contribution in [0.4, 0.5) is 0 Å². The molecule has 0 heterocycles. The van der Waals surface area contributed by atoms with Gasteiger partial charge in [-0.2, -0.15) is 0 Å². The van der Waals surface area contributed by atoms with Gasteiger partial charge < -0.3 is 5.11 Å². The maximum absolute atomic E-state index is 11.2. The molecule has 0 aromatic heterocycles. The van der Waals surface area contributed by atoms with Crippen LogP contribution in [0.25, 0.3) is 0 Å². The summed E-state index contributed by atoms with van der Waals surface area (Å²) in [5.41, 5.74) is 1.23. The molecule has 2 nitrogen and oxygen atoms in total. The van der Waals surface area contributed by atoms with Crippen molar-refractivity contribution in [3.8, 4) is 0 Å². The van der Waals surface area contributed by atoms with Crippen molar-refractivity contribution in [2.45, 2.75) is 45.4 Å². The molecule has 16 heavy (non-hydrogen) atoms. The molecule has 2 heteroatoms. The molecule has 0 bridgehead atoms. The Morgan fingerprint density at radius 3 is 2.00 bits per heavy atom. The molecule has 0 spiro atoms. The Bertz CT molecular complexity index is 397. The lowest BCUT2D eigenvalue weighted by atomic mass is 9.80. The fourth-order valence-electron chi connectivity index (χ4n) is 1.50. The maximum atomic E-state index is 11.2. The average molecular weight is 220 g/mol. The monoisotopic (exact) mass is 220 g/mol. The molecular formula is C14H20O2. The molecule has 0 amide bonds. The summed E-state index contributed by atoms with van der Waals surface area (Å²) in [6.45, 7) is 9.84. The molecule has 0 saturated heterocycles. The molecule has 0 saturated carbocycles. The topological polar surface area (TPSA) is 37.3 Å². The van der Waals surface area contributed by atoms with Crippen LogP contribution in [0.1, 0.15) is 45.7 Å². The third-order valence-corrected chi connectivity index (χ3v) is 2.98. The molecule has 1 aromatic rings. The van der Waals surface area contributed by atoms with E-state index in [0.717, 1.165) is 5.56 Å². The smallest absolute Gasteiger partial charge is 0.313 e. The molecule has 0 aliphatic carbocycles. The minimum atomic E-state index is -0.832. The fourth-order valence-corrected chi connectivity index (χ4v) is 1.50. The molecule has 0 aliphatic rings. The van der Waals surface area contributed by atoms with Crippen LogP contribution in [0.15, 0.2) is 24.3 Å². The lowest BCUT2D eigenvalue weighted by Gasteiger charge is -2.24. The molecule has 0 fully saturated rings. The van der Waals surface area contributed by atoms with Crippen LogP contribution >= 0.6 is 0 Å². The first kappa shape index (κ1) is 12.8. The third kappa shape index (κ3) is 2.43. The van der Waals surface area contributed by atoms with E-state index in [1.54, 1.807) is 13.8 Å². The Hall–Kier alpha value is -1.31. The highest BCUT2D eigenvalue weighted by Crippen LogP contribution is 2.29. The van der Waals surface area contributed by atoms with Gasteiger partial charge >= 0.3 is 5.97 Å². The van der Waals surface area contributed by atoms with Crippen molar-refractivity contribution in [1.82, 2.24) is 0 Å². The molecule has 0 radical (unpaired) electrons. The van der Waals surface area contributed by atoms with Gasteiger partial charge in [-0.1, -0.05) is 45.0 Å². The lowest BCUT2D eigenvalue weighted by molar-refractivity contribution is -0.142. The van der Waals surface area contributed by atoms with Gasteiger partial charge in [-0.3, -0.25) is 4.79 Å². The second kappa shape index (κ2) is 3.93. The van der Waals surface area contributed by atoms with Gasteiger partial charge in [0.1, 0.15) is 0 Å². The number of hydrogen-bond acceptors (Lipinski definition) is 1. The van der Waals surface area contributed by atoms with E-state index in [4.69, 9.17) is 0 Å². The van der Waals surface area contributed by atoms with Gasteiger partial charge in [0.2, 0.25) is 0 Å². The largest absolute Gasteiger partial charge is 0.481 e. The highest BCUT2D eigenvalue weighted by molar-refractivity contribution is 5.80. The van der Waals surface area contributed by atoms with Crippen molar-refractivity contribution in [3.05, 3.63) is 35.4 Å². The summed E-state index contributed by atoms with van der Waals surface area (Å²) < 4.78 is 0. The van der Waals surface area contributed by atoms with E-state index < -0.39 is 11.4 Å². The van der Waals surface area contributed by atoms with Crippen LogP contribution in [0, 0.1) is 0 Å². The van der Waals surface area contributed by atoms with Gasteiger partial charge in [0.25, 0.3) is 0 Å². The maximum Gasteiger partial charge on any atom is 0.313 e. The van der Waals surface area contributed by atoms with Crippen molar-refractivity contribution >= 4 is 5.97 Å². The SMILES string of the molecule is CC(C)(C)c1cccc(C(C)(C)C(=O)O)c1. The Balaban J connectivity index is 3.23. The first-order chi connectivity index (χ1) is 7.15. The molecule has 0 aliphatic heterocycles. The van der Waals surface area contributed by atoms with Crippen LogP contribution in [-0.4, -0.2) is 11.1 Å². The molecule has 0 unspecified atom stereocenters. The number of benzene rings is 1. The van der Waals surface area contributed by atoms with E-state index in [-0.39, 0.29) is 5.41 Å². The van der Waals surface area contributed by atoms with Gasteiger partial charge in [0, 0.05) is 0 Å². The minimum absolute atomic E-state index is 0.0462. The van der Waals surface area contributed by atoms with E-state index in [2.05, 4.69) is 20.8 Å². The molecule has 1 rings (SSSR count). The zero-order chi connectivity index (χ0) is 12.6. The van der Waals surface area contributed by atoms with Crippen LogP contribution in [-0.2, 0) is 15.6 Å². The van der Waals surface area contributed by atoms with E-state index in [0.29, 0.717) is 0 Å². The average Bonchev–Trinajstić information content (AvgIpc) is 2.16. The molecular weight excluding hydrogens is 200 g/mol. The number of carbonyl (C=O) groups is 1. The van der Waals surface area contributed by atoms with Gasteiger partial charge in [-0.15, -0.1) is 0 Å². The summed E-state index contributed by atoms with van der Waals surface area (Å²) in [5, 5.41) is 9.19. The predicted octanol–water partition coefficient (Wildman–Crippen LogP) is 3.35. The second-order valence-electron chi connectivity index (χ2n) is 5.76. The van der Waals surface area contributed by atoms with Crippen molar-refractivity contribution in [1.29, 1.82) is 0 Å². The van der Waals surface area contributed by atoms with Crippen LogP contribution in [0.5, 0.6) is 0 Å². The summed E-state index contributed by atoms with van der Waals surface area (Å²) in [6.07, 6.45) is 0.